The number of aromatic nitrogens is 2. The Kier molecular flexibility index (Phi) is 4.84. The maximum absolute atomic E-state index is 13.4. The van der Waals surface area contributed by atoms with Gasteiger partial charge in [-0.2, -0.15) is 5.10 Å². The van der Waals surface area contributed by atoms with Crippen LogP contribution in [0.15, 0.2) is 42.5 Å². The third kappa shape index (κ3) is 3.92. The summed E-state index contributed by atoms with van der Waals surface area (Å²) in [4.78, 5) is 36.9. The highest BCUT2D eigenvalue weighted by Crippen LogP contribution is 2.19. The van der Waals surface area contributed by atoms with Crippen LogP contribution in [-0.2, 0) is 4.79 Å². The fourth-order valence-electron chi connectivity index (χ4n) is 2.61. The van der Waals surface area contributed by atoms with Crippen molar-refractivity contribution in [1.29, 1.82) is 0 Å². The number of halogens is 1. The maximum atomic E-state index is 13.4. The first-order valence-corrected chi connectivity index (χ1v) is 7.94. The third-order valence-corrected chi connectivity index (χ3v) is 3.85. The number of carbonyl (C=O) groups excluding carboxylic acids is 3. The molecule has 0 fully saturated rings. The van der Waals surface area contributed by atoms with Crippen molar-refractivity contribution < 1.29 is 18.8 Å². The lowest BCUT2D eigenvalue weighted by atomic mass is 10.1. The van der Waals surface area contributed by atoms with Crippen LogP contribution in [0.1, 0.15) is 20.8 Å². The highest BCUT2D eigenvalue weighted by Gasteiger charge is 2.17. The van der Waals surface area contributed by atoms with Gasteiger partial charge in [0.15, 0.2) is 5.69 Å². The number of hydrogen-bond acceptors (Lipinski definition) is 4. The summed E-state index contributed by atoms with van der Waals surface area (Å²) < 4.78 is 13.4. The molecule has 2 aromatic carbocycles. The van der Waals surface area contributed by atoms with E-state index in [2.05, 4.69) is 15.5 Å². The van der Waals surface area contributed by atoms with E-state index in [4.69, 9.17) is 5.73 Å². The van der Waals surface area contributed by atoms with Crippen LogP contribution in [0.3, 0.4) is 0 Å². The Hall–Kier alpha value is -3.75. The molecule has 0 aliphatic rings. The Balaban J connectivity index is 1.81. The fourth-order valence-corrected chi connectivity index (χ4v) is 2.61. The van der Waals surface area contributed by atoms with Gasteiger partial charge in [-0.05, 0) is 36.4 Å². The number of nitrogens with one attached hydrogen (secondary N) is 2. The standard InChI is InChI=1S/C18H16FN5O3/c1-24(9-15(20)25)18(27)10-3-2-4-12(7-10)21-17(26)16-13-8-11(19)5-6-14(13)22-23-16/h2-8H,9H2,1H3,(H2,20,25)(H,21,26)(H,22,23). The summed E-state index contributed by atoms with van der Waals surface area (Å²) in [5.74, 6) is -2.09. The molecule has 4 N–H and O–H groups in total. The van der Waals surface area contributed by atoms with E-state index in [1.165, 1.54) is 36.2 Å². The molecule has 0 unspecified atom stereocenters. The number of aromatic amines is 1. The van der Waals surface area contributed by atoms with Crippen molar-refractivity contribution in [2.24, 2.45) is 5.73 Å². The topological polar surface area (TPSA) is 121 Å². The minimum Gasteiger partial charge on any atom is -0.368 e. The molecule has 1 heterocycles. The molecule has 3 rings (SSSR count). The zero-order valence-electron chi connectivity index (χ0n) is 14.3. The average molecular weight is 369 g/mol. The van der Waals surface area contributed by atoms with Crippen LogP contribution in [-0.4, -0.2) is 46.4 Å². The number of amides is 3. The SMILES string of the molecule is CN(CC(N)=O)C(=O)c1cccc(NC(=O)c2n[nH]c3ccc(F)cc23)c1. The van der Waals surface area contributed by atoms with Crippen molar-refractivity contribution in [3.05, 3.63) is 59.5 Å². The molecule has 138 valence electrons. The number of rotatable bonds is 5. The summed E-state index contributed by atoms with van der Waals surface area (Å²) in [7, 11) is 1.45. The molecule has 0 aliphatic carbocycles. The Labute approximate surface area is 153 Å². The number of nitrogens with two attached hydrogens (primary N) is 1. The summed E-state index contributed by atoms with van der Waals surface area (Å²) in [6, 6.07) is 10.2. The first-order valence-electron chi connectivity index (χ1n) is 7.94. The quantitative estimate of drug-likeness (QED) is 0.631. The number of likely N-dealkylation sites (N-methyl/N-ethyl adjacent to an activating group) is 1. The van der Waals surface area contributed by atoms with Crippen molar-refractivity contribution in [2.75, 3.05) is 18.9 Å². The van der Waals surface area contributed by atoms with Crippen molar-refractivity contribution in [2.45, 2.75) is 0 Å². The molecule has 9 heteroatoms. The van der Waals surface area contributed by atoms with Gasteiger partial charge in [-0.3, -0.25) is 19.5 Å². The molecule has 27 heavy (non-hydrogen) atoms. The zero-order chi connectivity index (χ0) is 19.6. The Morgan fingerprint density at radius 1 is 1.22 bits per heavy atom. The number of anilines is 1. The number of H-pyrrole nitrogens is 1. The van der Waals surface area contributed by atoms with E-state index in [0.717, 1.165) is 0 Å². The summed E-state index contributed by atoms with van der Waals surface area (Å²) in [5, 5.41) is 9.56. The van der Waals surface area contributed by atoms with Crippen LogP contribution in [0.5, 0.6) is 0 Å². The molecule has 3 aromatic rings. The van der Waals surface area contributed by atoms with Gasteiger partial charge in [0.25, 0.3) is 11.8 Å². The van der Waals surface area contributed by atoms with Gasteiger partial charge in [0.05, 0.1) is 12.1 Å². The monoisotopic (exact) mass is 369 g/mol. The van der Waals surface area contributed by atoms with Crippen LogP contribution in [0.2, 0.25) is 0 Å². The highest BCUT2D eigenvalue weighted by molar-refractivity contribution is 6.11. The molecule has 8 nitrogen and oxygen atoms in total. The lowest BCUT2D eigenvalue weighted by Gasteiger charge is -2.15. The summed E-state index contributed by atoms with van der Waals surface area (Å²) >= 11 is 0. The van der Waals surface area contributed by atoms with E-state index in [1.807, 2.05) is 0 Å². The van der Waals surface area contributed by atoms with Gasteiger partial charge in [-0.1, -0.05) is 6.07 Å². The molecule has 3 amide bonds. The van der Waals surface area contributed by atoms with Crippen molar-refractivity contribution in [3.8, 4) is 0 Å². The molecular formula is C18H16FN5O3. The lowest BCUT2D eigenvalue weighted by molar-refractivity contribution is -0.118. The second-order valence-electron chi connectivity index (χ2n) is 5.92. The van der Waals surface area contributed by atoms with Gasteiger partial charge >= 0.3 is 0 Å². The highest BCUT2D eigenvalue weighted by atomic mass is 19.1. The van der Waals surface area contributed by atoms with E-state index >= 15 is 0 Å². The van der Waals surface area contributed by atoms with Crippen LogP contribution in [0, 0.1) is 5.82 Å². The smallest absolute Gasteiger partial charge is 0.276 e. The van der Waals surface area contributed by atoms with E-state index in [-0.39, 0.29) is 17.8 Å². The van der Waals surface area contributed by atoms with Crippen LogP contribution >= 0.6 is 0 Å². The maximum Gasteiger partial charge on any atom is 0.276 e. The molecule has 0 saturated carbocycles. The second kappa shape index (κ2) is 7.24. The van der Waals surface area contributed by atoms with Gasteiger partial charge in [0.1, 0.15) is 5.82 Å². The number of hydrogen-bond donors (Lipinski definition) is 3. The van der Waals surface area contributed by atoms with E-state index in [1.54, 1.807) is 18.2 Å². The van der Waals surface area contributed by atoms with Gasteiger partial charge < -0.3 is 16.0 Å². The lowest BCUT2D eigenvalue weighted by Crippen LogP contribution is -2.35. The van der Waals surface area contributed by atoms with Crippen LogP contribution in [0.4, 0.5) is 10.1 Å². The first-order chi connectivity index (χ1) is 12.8. The third-order valence-electron chi connectivity index (χ3n) is 3.85. The van der Waals surface area contributed by atoms with E-state index < -0.39 is 23.5 Å². The van der Waals surface area contributed by atoms with Gasteiger partial charge in [-0.25, -0.2) is 4.39 Å². The molecule has 0 spiro atoms. The predicted molar refractivity (Wildman–Crippen MR) is 96.6 cm³/mol. The van der Waals surface area contributed by atoms with Crippen molar-refractivity contribution >= 4 is 34.3 Å². The summed E-state index contributed by atoms with van der Waals surface area (Å²) in [6.07, 6.45) is 0. The minimum atomic E-state index is -0.632. The molecule has 0 radical (unpaired) electrons. The van der Waals surface area contributed by atoms with E-state index in [0.29, 0.717) is 16.6 Å². The van der Waals surface area contributed by atoms with E-state index in [9.17, 15) is 18.8 Å². The normalized spacial score (nSPS) is 10.6. The Bertz CT molecular complexity index is 1050. The van der Waals surface area contributed by atoms with Gasteiger partial charge in [0.2, 0.25) is 5.91 Å². The Morgan fingerprint density at radius 3 is 2.74 bits per heavy atom. The zero-order valence-corrected chi connectivity index (χ0v) is 14.3. The Morgan fingerprint density at radius 2 is 2.00 bits per heavy atom. The minimum absolute atomic E-state index is 0.0343. The number of primary amides is 1. The number of carbonyl (C=O) groups is 3. The van der Waals surface area contributed by atoms with Crippen molar-refractivity contribution in [1.82, 2.24) is 15.1 Å². The van der Waals surface area contributed by atoms with Crippen molar-refractivity contribution in [3.63, 3.8) is 0 Å². The molecule has 0 aliphatic heterocycles. The molecule has 1 aromatic heterocycles. The molecular weight excluding hydrogens is 353 g/mol. The van der Waals surface area contributed by atoms with Crippen LogP contribution in [0.25, 0.3) is 10.9 Å². The second-order valence-corrected chi connectivity index (χ2v) is 5.92. The average Bonchev–Trinajstić information content (AvgIpc) is 3.03. The van der Waals surface area contributed by atoms with Crippen LogP contribution < -0.4 is 11.1 Å². The summed E-state index contributed by atoms with van der Waals surface area (Å²) in [6.45, 7) is -0.222. The van der Waals surface area contributed by atoms with Gasteiger partial charge in [0, 0.05) is 23.7 Å². The number of benzene rings is 2. The largest absolute Gasteiger partial charge is 0.368 e. The summed E-state index contributed by atoms with van der Waals surface area (Å²) in [5.41, 5.74) is 6.27. The number of fused-ring (bicyclic) bond motifs is 1. The molecule has 0 saturated heterocycles. The first kappa shape index (κ1) is 18.1. The molecule has 0 bridgehead atoms. The number of nitrogens with zero attached hydrogens (tertiary/aromatic N) is 2. The fraction of sp³-hybridized carbons (Fsp3) is 0.111. The van der Waals surface area contributed by atoms with Gasteiger partial charge in [-0.15, -0.1) is 0 Å². The predicted octanol–water partition coefficient (Wildman–Crippen LogP) is 1.51. The molecule has 0 atom stereocenters.